The van der Waals surface area contributed by atoms with E-state index in [2.05, 4.69) is 15.5 Å². The Hall–Kier alpha value is -2.64. The van der Waals surface area contributed by atoms with Crippen LogP contribution in [0, 0.1) is 0 Å². The van der Waals surface area contributed by atoms with Crippen molar-refractivity contribution in [1.82, 2.24) is 9.88 Å². The Morgan fingerprint density at radius 3 is 2.33 bits per heavy atom. The molecule has 2 aliphatic carbocycles. The second-order valence-corrected chi connectivity index (χ2v) is 16.8. The van der Waals surface area contributed by atoms with Crippen molar-refractivity contribution in [3.8, 4) is 0 Å². The van der Waals surface area contributed by atoms with Crippen molar-refractivity contribution in [3.05, 3.63) is 36.0 Å². The number of ether oxygens (including phenoxy) is 1. The van der Waals surface area contributed by atoms with Crippen LogP contribution in [0.25, 0.3) is 0 Å². The van der Waals surface area contributed by atoms with Crippen LogP contribution in [-0.4, -0.2) is 71.3 Å². The van der Waals surface area contributed by atoms with Gasteiger partial charge in [-0.05, 0) is 84.3 Å². The number of anilines is 1. The maximum absolute atomic E-state index is 13.4. The van der Waals surface area contributed by atoms with E-state index in [1.54, 1.807) is 35.0 Å². The molecule has 0 atom stereocenters. The number of carbonyl (C=O) groups excluding carboxylic acids is 2. The van der Waals surface area contributed by atoms with Crippen molar-refractivity contribution < 1.29 is 27.6 Å². The molecule has 2 amide bonds. The molecule has 0 unspecified atom stereocenters. The van der Waals surface area contributed by atoms with Crippen LogP contribution in [0.5, 0.6) is 0 Å². The molecule has 1 aromatic carbocycles. The number of rotatable bonds is 9. The molecule has 1 saturated heterocycles. The lowest BCUT2D eigenvalue weighted by Gasteiger charge is -2.33. The molecule has 42 heavy (non-hydrogen) atoms. The van der Waals surface area contributed by atoms with E-state index in [0.29, 0.717) is 41.9 Å². The number of carbonyl (C=O) groups is 2. The van der Waals surface area contributed by atoms with E-state index < -0.39 is 21.3 Å². The number of amides is 2. The minimum atomic E-state index is -3.33. The number of hydrogen-bond acceptors (Lipinski definition) is 10. The van der Waals surface area contributed by atoms with Crippen molar-refractivity contribution in [2.75, 3.05) is 18.4 Å². The molecule has 10 nitrogen and oxygen atoms in total. The summed E-state index contributed by atoms with van der Waals surface area (Å²) in [6.45, 7) is 6.86. The lowest BCUT2D eigenvalue weighted by atomic mass is 10.1. The van der Waals surface area contributed by atoms with E-state index in [0.717, 1.165) is 42.7 Å². The van der Waals surface area contributed by atoms with E-state index in [1.807, 2.05) is 20.8 Å². The first-order valence-electron chi connectivity index (χ1n) is 14.5. The van der Waals surface area contributed by atoms with Crippen molar-refractivity contribution >= 4 is 55.8 Å². The van der Waals surface area contributed by atoms with Gasteiger partial charge in [0.25, 0.3) is 5.91 Å². The fourth-order valence-corrected chi connectivity index (χ4v) is 8.82. The van der Waals surface area contributed by atoms with Gasteiger partial charge < -0.3 is 14.5 Å². The van der Waals surface area contributed by atoms with Gasteiger partial charge in [-0.15, -0.1) is 11.8 Å². The number of benzene rings is 1. The summed E-state index contributed by atoms with van der Waals surface area (Å²) in [6, 6.07) is 6.29. The monoisotopic (exact) mass is 634 g/mol. The zero-order chi connectivity index (χ0) is 29.9. The quantitative estimate of drug-likeness (QED) is 0.268. The number of sulfone groups is 1. The Balaban J connectivity index is 1.21. The Morgan fingerprint density at radius 2 is 1.71 bits per heavy atom. The van der Waals surface area contributed by atoms with Gasteiger partial charge in [0, 0.05) is 23.9 Å². The molecule has 3 fully saturated rings. The fourth-order valence-electron chi connectivity index (χ4n) is 4.89. The number of nitrogens with one attached hydrogen (secondary N) is 1. The zero-order valence-corrected chi connectivity index (χ0v) is 26.7. The van der Waals surface area contributed by atoms with Crippen LogP contribution in [0.4, 0.5) is 9.93 Å². The molecular formula is C29H38N4O6S3. The third-order valence-corrected chi connectivity index (χ3v) is 12.0. The van der Waals surface area contributed by atoms with Crippen molar-refractivity contribution in [3.63, 3.8) is 0 Å². The topological polar surface area (TPSA) is 127 Å². The van der Waals surface area contributed by atoms with Crippen LogP contribution < -0.4 is 5.32 Å². The minimum Gasteiger partial charge on any atom is -0.444 e. The van der Waals surface area contributed by atoms with Gasteiger partial charge in [-0.25, -0.2) is 18.2 Å². The van der Waals surface area contributed by atoms with Gasteiger partial charge in [-0.1, -0.05) is 28.6 Å². The molecule has 3 aliphatic rings. The minimum absolute atomic E-state index is 0.0353. The highest BCUT2D eigenvalue weighted by atomic mass is 32.2. The summed E-state index contributed by atoms with van der Waals surface area (Å²) < 4.78 is 31.7. The molecule has 1 aliphatic heterocycles. The number of hydrogen-bond donors (Lipinski definition) is 1. The normalized spacial score (nSPS) is 19.1. The molecule has 2 aromatic rings. The average Bonchev–Trinajstić information content (AvgIpc) is 3.53. The van der Waals surface area contributed by atoms with Crippen LogP contribution in [0.15, 0.2) is 44.7 Å². The summed E-state index contributed by atoms with van der Waals surface area (Å²) in [5.41, 5.74) is 0.0406. The lowest BCUT2D eigenvalue weighted by Crippen LogP contribution is -2.42. The molecule has 1 N–H and O–H groups in total. The van der Waals surface area contributed by atoms with Crippen molar-refractivity contribution in [2.24, 2.45) is 5.16 Å². The number of oxime groups is 1. The standard InChI is InChI=1S/C29H38N4O6S3/c1-29(2,3)38-28(35)33-16-14-21(15-17-33)40-24-18-30-27(41-24)31-26(34)25(32-39-20-6-4-5-7-20)19-8-10-22(11-9-19)42(36,37)23-12-13-23/h8-11,18,20-21,23H,4-7,12-17H2,1-3H3,(H,30,31,34)/b32-25+. The van der Waals surface area contributed by atoms with Crippen LogP contribution >= 0.6 is 23.1 Å². The summed E-state index contributed by atoms with van der Waals surface area (Å²) in [6.07, 6.45) is 8.40. The molecule has 2 saturated carbocycles. The second-order valence-electron chi connectivity index (χ2n) is 11.9. The number of aromatic nitrogens is 1. The fraction of sp³-hybridized carbons (Fsp3) is 0.586. The van der Waals surface area contributed by atoms with E-state index in [-0.39, 0.29) is 28.1 Å². The molecular weight excluding hydrogens is 597 g/mol. The smallest absolute Gasteiger partial charge is 0.410 e. The number of nitrogens with zero attached hydrogens (tertiary/aromatic N) is 3. The molecule has 13 heteroatoms. The Bertz CT molecular complexity index is 1400. The highest BCUT2D eigenvalue weighted by molar-refractivity contribution is 8.01. The number of thioether (sulfide) groups is 1. The number of likely N-dealkylation sites (tertiary alicyclic amines) is 1. The van der Waals surface area contributed by atoms with Crippen LogP contribution in [0.1, 0.15) is 77.7 Å². The Morgan fingerprint density at radius 1 is 1.05 bits per heavy atom. The summed E-state index contributed by atoms with van der Waals surface area (Å²) in [4.78, 5) is 37.9. The molecule has 0 spiro atoms. The number of piperidine rings is 1. The molecule has 0 bridgehead atoms. The van der Waals surface area contributed by atoms with Crippen LogP contribution in [0.3, 0.4) is 0 Å². The van der Waals surface area contributed by atoms with Gasteiger partial charge in [0.2, 0.25) is 0 Å². The predicted molar refractivity (Wildman–Crippen MR) is 164 cm³/mol. The molecule has 228 valence electrons. The van der Waals surface area contributed by atoms with E-state index in [9.17, 15) is 18.0 Å². The first-order valence-corrected chi connectivity index (χ1v) is 17.7. The summed E-state index contributed by atoms with van der Waals surface area (Å²) >= 11 is 3.08. The van der Waals surface area contributed by atoms with Gasteiger partial charge in [0.05, 0.1) is 20.6 Å². The third-order valence-electron chi connectivity index (χ3n) is 7.31. The maximum Gasteiger partial charge on any atom is 0.410 e. The van der Waals surface area contributed by atoms with E-state index in [4.69, 9.17) is 9.57 Å². The summed E-state index contributed by atoms with van der Waals surface area (Å²) in [7, 11) is -3.33. The zero-order valence-electron chi connectivity index (χ0n) is 24.2. The Kier molecular flexibility index (Phi) is 9.48. The van der Waals surface area contributed by atoms with Gasteiger partial charge in [0.1, 0.15) is 11.7 Å². The van der Waals surface area contributed by atoms with E-state index in [1.165, 1.54) is 23.5 Å². The van der Waals surface area contributed by atoms with Crippen molar-refractivity contribution in [2.45, 2.75) is 103 Å². The SMILES string of the molecule is CC(C)(C)OC(=O)N1CCC(Sc2cnc(NC(=O)/C(=N/OC3CCCC3)c3ccc(S(=O)(=O)C4CC4)cc3)s2)CC1. The molecule has 2 heterocycles. The van der Waals surface area contributed by atoms with Gasteiger partial charge in [0.15, 0.2) is 20.7 Å². The average molecular weight is 635 g/mol. The Labute approximate surface area is 255 Å². The van der Waals surface area contributed by atoms with Gasteiger partial charge in [-0.2, -0.15) is 0 Å². The highest BCUT2D eigenvalue weighted by Crippen LogP contribution is 2.36. The first kappa shape index (κ1) is 30.8. The second kappa shape index (κ2) is 12.9. The van der Waals surface area contributed by atoms with Crippen LogP contribution in [-0.2, 0) is 24.2 Å². The third kappa shape index (κ3) is 8.04. The molecule has 0 radical (unpaired) electrons. The highest BCUT2D eigenvalue weighted by Gasteiger charge is 2.37. The predicted octanol–water partition coefficient (Wildman–Crippen LogP) is 5.87. The first-order chi connectivity index (χ1) is 20.0. The molecule has 1 aromatic heterocycles. The van der Waals surface area contributed by atoms with Crippen LogP contribution in [0.2, 0.25) is 0 Å². The molecule has 5 rings (SSSR count). The van der Waals surface area contributed by atoms with Gasteiger partial charge in [-0.3, -0.25) is 10.1 Å². The largest absolute Gasteiger partial charge is 0.444 e. The summed E-state index contributed by atoms with van der Waals surface area (Å²) in [5, 5.41) is 7.55. The lowest BCUT2D eigenvalue weighted by molar-refractivity contribution is -0.110. The maximum atomic E-state index is 13.4. The van der Waals surface area contributed by atoms with Gasteiger partial charge >= 0.3 is 6.09 Å². The van der Waals surface area contributed by atoms with E-state index >= 15 is 0 Å². The number of thiazole rings is 1. The summed E-state index contributed by atoms with van der Waals surface area (Å²) in [5.74, 6) is -0.470. The van der Waals surface area contributed by atoms with Crippen molar-refractivity contribution in [1.29, 1.82) is 0 Å².